The second-order valence-electron chi connectivity index (χ2n) is 6.81. The number of likely N-dealkylation sites (tertiary alicyclic amines) is 1. The number of nitrogens with zero attached hydrogens (tertiary/aromatic N) is 3. The van der Waals surface area contributed by atoms with E-state index in [1.54, 1.807) is 0 Å². The lowest BCUT2D eigenvalue weighted by Crippen LogP contribution is -2.52. The van der Waals surface area contributed by atoms with E-state index in [-0.39, 0.29) is 11.8 Å². The molecule has 1 aromatic carbocycles. The molecule has 1 N–H and O–H groups in total. The molecule has 0 aromatic heterocycles. The first kappa shape index (κ1) is 17.7. The van der Waals surface area contributed by atoms with Gasteiger partial charge in [-0.25, -0.2) is 0 Å². The lowest BCUT2D eigenvalue weighted by molar-refractivity contribution is -0.133. The summed E-state index contributed by atoms with van der Waals surface area (Å²) in [5.41, 5.74) is 1.57. The van der Waals surface area contributed by atoms with Gasteiger partial charge in [-0.05, 0) is 31.4 Å². The first-order chi connectivity index (χ1) is 12.2. The van der Waals surface area contributed by atoms with Gasteiger partial charge in [0, 0.05) is 52.0 Å². The van der Waals surface area contributed by atoms with Crippen molar-refractivity contribution in [3.63, 3.8) is 0 Å². The summed E-state index contributed by atoms with van der Waals surface area (Å²) in [7, 11) is 1.83. The summed E-state index contributed by atoms with van der Waals surface area (Å²) in [4.78, 5) is 31.2. The third-order valence-electron chi connectivity index (χ3n) is 5.15. The number of carbonyl (C=O) groups is 2. The molecule has 1 aromatic rings. The van der Waals surface area contributed by atoms with Crippen LogP contribution in [0.3, 0.4) is 0 Å². The number of rotatable bonds is 4. The number of piperazine rings is 1. The SMILES string of the molecule is CNc1ccccc1C(=O)N1CCN(CC(=O)N2CCCCC2)CC1. The van der Waals surface area contributed by atoms with Gasteiger partial charge in [0.1, 0.15) is 0 Å². The Balaban J connectivity index is 1.51. The van der Waals surface area contributed by atoms with Gasteiger partial charge in [-0.2, -0.15) is 0 Å². The molecule has 0 unspecified atom stereocenters. The lowest BCUT2D eigenvalue weighted by atomic mass is 10.1. The van der Waals surface area contributed by atoms with Crippen molar-refractivity contribution in [1.82, 2.24) is 14.7 Å². The van der Waals surface area contributed by atoms with Crippen molar-refractivity contribution in [2.75, 3.05) is 58.2 Å². The minimum absolute atomic E-state index is 0.0620. The molecule has 136 valence electrons. The van der Waals surface area contributed by atoms with Crippen LogP contribution in [0.15, 0.2) is 24.3 Å². The maximum Gasteiger partial charge on any atom is 0.256 e. The molecule has 25 heavy (non-hydrogen) atoms. The molecule has 2 amide bonds. The summed E-state index contributed by atoms with van der Waals surface area (Å²) in [6, 6.07) is 7.59. The molecule has 0 radical (unpaired) electrons. The van der Waals surface area contributed by atoms with Gasteiger partial charge < -0.3 is 15.1 Å². The fraction of sp³-hybridized carbons (Fsp3) is 0.579. The van der Waals surface area contributed by atoms with Crippen LogP contribution >= 0.6 is 0 Å². The third-order valence-corrected chi connectivity index (χ3v) is 5.15. The third kappa shape index (κ3) is 4.31. The van der Waals surface area contributed by atoms with Gasteiger partial charge in [-0.15, -0.1) is 0 Å². The van der Waals surface area contributed by atoms with Gasteiger partial charge in [0.25, 0.3) is 5.91 Å². The normalized spacial score (nSPS) is 18.9. The van der Waals surface area contributed by atoms with E-state index in [1.165, 1.54) is 6.42 Å². The molecule has 2 saturated heterocycles. The molecule has 0 atom stereocenters. The van der Waals surface area contributed by atoms with Crippen molar-refractivity contribution >= 4 is 17.5 Å². The van der Waals surface area contributed by atoms with E-state index in [9.17, 15) is 9.59 Å². The van der Waals surface area contributed by atoms with Gasteiger partial charge in [-0.3, -0.25) is 14.5 Å². The average molecular weight is 344 g/mol. The molecule has 2 aliphatic rings. The zero-order chi connectivity index (χ0) is 17.6. The summed E-state index contributed by atoms with van der Waals surface area (Å²) in [5, 5.41) is 3.08. The number of benzene rings is 1. The molecule has 2 fully saturated rings. The number of nitrogens with one attached hydrogen (secondary N) is 1. The lowest BCUT2D eigenvalue weighted by Gasteiger charge is -2.36. The quantitative estimate of drug-likeness (QED) is 0.899. The Morgan fingerprint density at radius 1 is 0.920 bits per heavy atom. The van der Waals surface area contributed by atoms with Crippen LogP contribution in [0, 0.1) is 0 Å². The fourth-order valence-corrected chi connectivity index (χ4v) is 3.60. The van der Waals surface area contributed by atoms with Crippen molar-refractivity contribution in [3.05, 3.63) is 29.8 Å². The van der Waals surface area contributed by atoms with Crippen molar-refractivity contribution in [2.45, 2.75) is 19.3 Å². The minimum atomic E-state index is 0.0620. The molecule has 0 spiro atoms. The number of amides is 2. The van der Waals surface area contributed by atoms with Crippen LogP contribution in [-0.2, 0) is 4.79 Å². The van der Waals surface area contributed by atoms with Crippen LogP contribution < -0.4 is 5.32 Å². The number of hydrogen-bond donors (Lipinski definition) is 1. The Labute approximate surface area is 149 Å². The minimum Gasteiger partial charge on any atom is -0.387 e. The number of piperidine rings is 1. The summed E-state index contributed by atoms with van der Waals surface area (Å²) in [5.74, 6) is 0.298. The molecule has 3 rings (SSSR count). The highest BCUT2D eigenvalue weighted by atomic mass is 16.2. The van der Waals surface area contributed by atoms with E-state index in [0.717, 1.165) is 44.7 Å². The Morgan fingerprint density at radius 2 is 1.60 bits per heavy atom. The summed E-state index contributed by atoms with van der Waals surface area (Å²) in [6.07, 6.45) is 3.48. The second-order valence-corrected chi connectivity index (χ2v) is 6.81. The van der Waals surface area contributed by atoms with Crippen LogP contribution in [0.4, 0.5) is 5.69 Å². The standard InChI is InChI=1S/C19H28N4O2/c1-20-17-8-4-3-7-16(17)19(25)23-13-11-21(12-14-23)15-18(24)22-9-5-2-6-10-22/h3-4,7-8,20H,2,5-6,9-15H2,1H3. The smallest absolute Gasteiger partial charge is 0.256 e. The summed E-state index contributed by atoms with van der Waals surface area (Å²) < 4.78 is 0. The fourth-order valence-electron chi connectivity index (χ4n) is 3.60. The Bertz CT molecular complexity index is 605. The van der Waals surface area contributed by atoms with E-state index in [2.05, 4.69) is 10.2 Å². The number of carbonyl (C=O) groups excluding carboxylic acids is 2. The molecule has 0 saturated carbocycles. The summed E-state index contributed by atoms with van der Waals surface area (Å²) in [6.45, 7) is 5.14. The van der Waals surface area contributed by atoms with Gasteiger partial charge in [0.15, 0.2) is 0 Å². The molecule has 2 aliphatic heterocycles. The molecule has 2 heterocycles. The van der Waals surface area contributed by atoms with E-state index in [1.807, 2.05) is 41.1 Å². The van der Waals surface area contributed by atoms with Crippen LogP contribution in [0.5, 0.6) is 0 Å². The monoisotopic (exact) mass is 344 g/mol. The van der Waals surface area contributed by atoms with Gasteiger partial charge >= 0.3 is 0 Å². The van der Waals surface area contributed by atoms with E-state index in [0.29, 0.717) is 25.2 Å². The maximum absolute atomic E-state index is 12.7. The van der Waals surface area contributed by atoms with E-state index < -0.39 is 0 Å². The van der Waals surface area contributed by atoms with Crippen LogP contribution in [0.1, 0.15) is 29.6 Å². The first-order valence-corrected chi connectivity index (χ1v) is 9.25. The molecular formula is C19H28N4O2. The topological polar surface area (TPSA) is 55.9 Å². The highest BCUT2D eigenvalue weighted by molar-refractivity contribution is 5.99. The number of hydrogen-bond acceptors (Lipinski definition) is 4. The molecule has 6 heteroatoms. The van der Waals surface area contributed by atoms with Crippen LogP contribution in [0.25, 0.3) is 0 Å². The van der Waals surface area contributed by atoms with Crippen LogP contribution in [-0.4, -0.2) is 79.4 Å². The van der Waals surface area contributed by atoms with Crippen molar-refractivity contribution in [3.8, 4) is 0 Å². The van der Waals surface area contributed by atoms with Crippen molar-refractivity contribution in [2.24, 2.45) is 0 Å². The van der Waals surface area contributed by atoms with Crippen molar-refractivity contribution in [1.29, 1.82) is 0 Å². The average Bonchev–Trinajstić information content (AvgIpc) is 2.68. The molecule has 0 aliphatic carbocycles. The first-order valence-electron chi connectivity index (χ1n) is 9.25. The summed E-state index contributed by atoms with van der Waals surface area (Å²) >= 11 is 0. The predicted octanol–water partition coefficient (Wildman–Crippen LogP) is 1.50. The zero-order valence-corrected chi connectivity index (χ0v) is 15.0. The largest absolute Gasteiger partial charge is 0.387 e. The number of para-hydroxylation sites is 1. The highest BCUT2D eigenvalue weighted by Crippen LogP contribution is 2.18. The number of anilines is 1. The van der Waals surface area contributed by atoms with Crippen molar-refractivity contribution < 1.29 is 9.59 Å². The second kappa shape index (κ2) is 8.34. The van der Waals surface area contributed by atoms with E-state index >= 15 is 0 Å². The van der Waals surface area contributed by atoms with Crippen LogP contribution in [0.2, 0.25) is 0 Å². The molecule has 0 bridgehead atoms. The van der Waals surface area contributed by atoms with E-state index in [4.69, 9.17) is 0 Å². The van der Waals surface area contributed by atoms with Gasteiger partial charge in [-0.1, -0.05) is 12.1 Å². The Kier molecular flexibility index (Phi) is 5.91. The molecular weight excluding hydrogens is 316 g/mol. The molecule has 6 nitrogen and oxygen atoms in total. The predicted molar refractivity (Wildman–Crippen MR) is 98.8 cm³/mol. The van der Waals surface area contributed by atoms with Gasteiger partial charge in [0.2, 0.25) is 5.91 Å². The highest BCUT2D eigenvalue weighted by Gasteiger charge is 2.26. The Hall–Kier alpha value is -2.08. The van der Waals surface area contributed by atoms with Gasteiger partial charge in [0.05, 0.1) is 12.1 Å². The maximum atomic E-state index is 12.7. The Morgan fingerprint density at radius 3 is 2.28 bits per heavy atom. The zero-order valence-electron chi connectivity index (χ0n) is 15.0.